The van der Waals surface area contributed by atoms with E-state index in [2.05, 4.69) is 5.32 Å². The molecule has 1 atom stereocenters. The van der Waals surface area contributed by atoms with E-state index in [1.54, 1.807) is 12.1 Å². The highest BCUT2D eigenvalue weighted by Crippen LogP contribution is 2.24. The molecule has 3 N–H and O–H groups in total. The first kappa shape index (κ1) is 19.3. The Morgan fingerprint density at radius 2 is 1.91 bits per heavy atom. The highest BCUT2D eigenvalue weighted by molar-refractivity contribution is 7.39. The van der Waals surface area contributed by atoms with Crippen LogP contribution in [0.2, 0.25) is 0 Å². The van der Waals surface area contributed by atoms with Gasteiger partial charge in [-0.25, -0.2) is 0 Å². The van der Waals surface area contributed by atoms with Crippen molar-refractivity contribution in [2.24, 2.45) is 0 Å². The average Bonchev–Trinajstić information content (AvgIpc) is 3.10. The second kappa shape index (κ2) is 10.9. The van der Waals surface area contributed by atoms with Gasteiger partial charge in [-0.1, -0.05) is 44.2 Å². The third-order valence-corrected chi connectivity index (χ3v) is 3.18. The predicted octanol–water partition coefficient (Wildman–Crippen LogP) is 2.88. The van der Waals surface area contributed by atoms with Crippen LogP contribution >= 0.6 is 8.60 Å². The van der Waals surface area contributed by atoms with Crippen LogP contribution in [-0.4, -0.2) is 28.3 Å². The molecular weight excluding hydrogens is 317 g/mol. The number of amides is 1. The van der Waals surface area contributed by atoms with E-state index in [4.69, 9.17) is 18.7 Å². The Bertz CT molecular complexity index is 545. The molecule has 1 amide bonds. The fourth-order valence-electron chi connectivity index (χ4n) is 1.87. The molecule has 23 heavy (non-hydrogen) atoms. The smallest absolute Gasteiger partial charge is 0.327 e. The van der Waals surface area contributed by atoms with Gasteiger partial charge in [0.25, 0.3) is 5.91 Å². The second-order valence-electron chi connectivity index (χ2n) is 4.39. The van der Waals surface area contributed by atoms with E-state index >= 15 is 0 Å². The molecule has 0 aliphatic rings. The topological polar surface area (TPSA) is 91.9 Å². The molecule has 0 aliphatic carbocycles. The van der Waals surface area contributed by atoms with Crippen molar-refractivity contribution in [2.75, 3.05) is 6.61 Å². The third kappa shape index (κ3) is 7.39. The molecule has 6 nitrogen and oxygen atoms in total. The van der Waals surface area contributed by atoms with Gasteiger partial charge in [0.05, 0.1) is 18.9 Å². The summed E-state index contributed by atoms with van der Waals surface area (Å²) in [5.74, 6) is -0.173. The molecule has 0 spiro atoms. The maximum atomic E-state index is 12.0. The van der Waals surface area contributed by atoms with Crippen LogP contribution in [0.5, 0.6) is 0 Å². The lowest BCUT2D eigenvalue weighted by atomic mass is 10.1. The van der Waals surface area contributed by atoms with Gasteiger partial charge in [-0.3, -0.25) is 4.79 Å². The second-order valence-corrected chi connectivity index (χ2v) is 5.15. The lowest BCUT2D eigenvalue weighted by molar-refractivity contribution is 0.0889. The molecule has 2 aromatic rings. The summed E-state index contributed by atoms with van der Waals surface area (Å²) in [5, 5.41) is 2.75. The van der Waals surface area contributed by atoms with Crippen molar-refractivity contribution in [1.29, 1.82) is 0 Å². The predicted molar refractivity (Wildman–Crippen MR) is 88.8 cm³/mol. The van der Waals surface area contributed by atoms with Gasteiger partial charge < -0.3 is 24.0 Å². The van der Waals surface area contributed by atoms with Crippen molar-refractivity contribution >= 4 is 14.5 Å². The number of hydrogen-bond donors (Lipinski definition) is 3. The van der Waals surface area contributed by atoms with Gasteiger partial charge in [-0.2, -0.15) is 0 Å². The standard InChI is InChI=1S/C14H16NO5P.C2H6/c16-14(13-7-4-8-19-13)15-12(10-20-21(17)18)9-11-5-2-1-3-6-11;1-2/h1-8,12,17-18H,9-10H2,(H,15,16);1-2H3. The van der Waals surface area contributed by atoms with Crippen LogP contribution in [-0.2, 0) is 10.9 Å². The van der Waals surface area contributed by atoms with Gasteiger partial charge >= 0.3 is 8.60 Å². The highest BCUT2D eigenvalue weighted by Gasteiger charge is 2.17. The van der Waals surface area contributed by atoms with Crippen LogP contribution in [0, 0.1) is 0 Å². The molecule has 1 aromatic carbocycles. The van der Waals surface area contributed by atoms with Crippen molar-refractivity contribution in [3.63, 3.8) is 0 Å². The van der Waals surface area contributed by atoms with Crippen molar-refractivity contribution < 1.29 is 23.5 Å². The number of hydrogen-bond acceptors (Lipinski definition) is 5. The van der Waals surface area contributed by atoms with E-state index in [1.165, 1.54) is 6.26 Å². The largest absolute Gasteiger partial charge is 0.459 e. The Labute approximate surface area is 137 Å². The summed E-state index contributed by atoms with van der Waals surface area (Å²) >= 11 is 0. The van der Waals surface area contributed by atoms with Crippen LogP contribution in [0.3, 0.4) is 0 Å². The molecular formula is C16H22NO5P. The summed E-state index contributed by atoms with van der Waals surface area (Å²) in [6.07, 6.45) is 1.93. The molecule has 0 aliphatic heterocycles. The van der Waals surface area contributed by atoms with Crippen LogP contribution in [0.15, 0.2) is 53.1 Å². The maximum Gasteiger partial charge on any atom is 0.327 e. The maximum absolute atomic E-state index is 12.0. The Kier molecular flexibility index (Phi) is 9.17. The normalized spacial score (nSPS) is 11.5. The molecule has 0 bridgehead atoms. The molecule has 1 unspecified atom stereocenters. The Morgan fingerprint density at radius 1 is 1.22 bits per heavy atom. The number of furan rings is 1. The van der Waals surface area contributed by atoms with Crippen molar-refractivity contribution in [1.82, 2.24) is 5.32 Å². The average molecular weight is 339 g/mol. The van der Waals surface area contributed by atoms with E-state index in [-0.39, 0.29) is 18.3 Å². The number of carbonyl (C=O) groups is 1. The molecule has 0 fully saturated rings. The molecule has 0 saturated carbocycles. The van der Waals surface area contributed by atoms with Crippen molar-refractivity contribution in [3.8, 4) is 0 Å². The van der Waals surface area contributed by atoms with Gasteiger partial charge in [0.2, 0.25) is 0 Å². The quantitative estimate of drug-likeness (QED) is 0.675. The molecule has 2 rings (SSSR count). The SMILES string of the molecule is CC.O=C(NC(COP(O)O)Cc1ccccc1)c1ccco1. The van der Waals surface area contributed by atoms with E-state index < -0.39 is 14.6 Å². The minimum absolute atomic E-state index is 0.0000462. The van der Waals surface area contributed by atoms with Crippen LogP contribution < -0.4 is 5.32 Å². The van der Waals surface area contributed by atoms with Gasteiger partial charge in [-0.05, 0) is 24.1 Å². The van der Waals surface area contributed by atoms with Crippen LogP contribution in [0.25, 0.3) is 0 Å². The summed E-state index contributed by atoms with van der Waals surface area (Å²) in [5.41, 5.74) is 1.01. The summed E-state index contributed by atoms with van der Waals surface area (Å²) in [7, 11) is -2.45. The van der Waals surface area contributed by atoms with Gasteiger partial charge in [0.15, 0.2) is 5.76 Å². The van der Waals surface area contributed by atoms with Gasteiger partial charge in [-0.15, -0.1) is 0 Å². The number of rotatable bonds is 7. The number of nitrogens with one attached hydrogen (secondary N) is 1. The first-order valence-electron chi connectivity index (χ1n) is 7.34. The lowest BCUT2D eigenvalue weighted by Crippen LogP contribution is -2.39. The third-order valence-electron chi connectivity index (χ3n) is 2.80. The monoisotopic (exact) mass is 339 g/mol. The summed E-state index contributed by atoms with van der Waals surface area (Å²) in [6.45, 7) is 4.00. The summed E-state index contributed by atoms with van der Waals surface area (Å²) in [4.78, 5) is 29.7. The summed E-state index contributed by atoms with van der Waals surface area (Å²) in [6, 6.07) is 12.3. The van der Waals surface area contributed by atoms with E-state index in [9.17, 15) is 4.79 Å². The Balaban J connectivity index is 0.00000127. The molecule has 126 valence electrons. The van der Waals surface area contributed by atoms with E-state index in [1.807, 2.05) is 44.2 Å². The molecule has 7 heteroatoms. The Morgan fingerprint density at radius 3 is 2.48 bits per heavy atom. The number of carbonyl (C=O) groups excluding carboxylic acids is 1. The highest BCUT2D eigenvalue weighted by atomic mass is 31.2. The fraction of sp³-hybridized carbons (Fsp3) is 0.312. The van der Waals surface area contributed by atoms with Crippen LogP contribution in [0.1, 0.15) is 30.0 Å². The molecule has 1 aromatic heterocycles. The molecule has 0 saturated heterocycles. The van der Waals surface area contributed by atoms with Gasteiger partial charge in [0, 0.05) is 0 Å². The van der Waals surface area contributed by atoms with Crippen LogP contribution in [0.4, 0.5) is 0 Å². The first-order chi connectivity index (χ1) is 11.1. The molecule has 0 radical (unpaired) electrons. The zero-order chi connectivity index (χ0) is 17.1. The summed E-state index contributed by atoms with van der Waals surface area (Å²) < 4.78 is 9.85. The minimum Gasteiger partial charge on any atom is -0.459 e. The van der Waals surface area contributed by atoms with Crippen molar-refractivity contribution in [3.05, 3.63) is 60.1 Å². The van der Waals surface area contributed by atoms with Crippen molar-refractivity contribution in [2.45, 2.75) is 26.3 Å². The van der Waals surface area contributed by atoms with E-state index in [0.717, 1.165) is 5.56 Å². The minimum atomic E-state index is -2.45. The zero-order valence-corrected chi connectivity index (χ0v) is 14.1. The van der Waals surface area contributed by atoms with Gasteiger partial charge in [0.1, 0.15) is 0 Å². The zero-order valence-electron chi connectivity index (χ0n) is 13.2. The first-order valence-corrected chi connectivity index (χ1v) is 8.51. The lowest BCUT2D eigenvalue weighted by Gasteiger charge is -2.18. The Hall–Kier alpha value is -1.72. The number of benzene rings is 1. The molecule has 1 heterocycles. The fourth-order valence-corrected chi connectivity index (χ4v) is 2.18. The van der Waals surface area contributed by atoms with E-state index in [0.29, 0.717) is 6.42 Å².